The third kappa shape index (κ3) is 13.2. The Hall–Kier alpha value is -3.86. The van der Waals surface area contributed by atoms with Gasteiger partial charge in [0, 0.05) is 17.4 Å². The minimum absolute atomic E-state index is 0.0917. The van der Waals surface area contributed by atoms with Crippen molar-refractivity contribution in [3.63, 3.8) is 0 Å². The Morgan fingerprint density at radius 2 is 1.62 bits per heavy atom. The number of benzene rings is 2. The molecule has 1 heterocycles. The first-order valence-electron chi connectivity index (χ1n) is 15.0. The Morgan fingerprint density at radius 1 is 0.976 bits per heavy atom. The summed E-state index contributed by atoms with van der Waals surface area (Å²) in [6.07, 6.45) is 13.6. The number of hydrogen-bond donors (Lipinski definition) is 0. The summed E-state index contributed by atoms with van der Waals surface area (Å²) in [6, 6.07) is 17.7. The zero-order valence-electron chi connectivity index (χ0n) is 27.0. The highest BCUT2D eigenvalue weighted by Gasteiger charge is 2.13. The molecule has 3 rings (SSSR count). The van der Waals surface area contributed by atoms with Crippen molar-refractivity contribution in [2.45, 2.75) is 79.6 Å². The number of hydrogen-bond acceptors (Lipinski definition) is 4. The monoisotopic (exact) mass is 572 g/mol. The van der Waals surface area contributed by atoms with E-state index in [1.54, 1.807) is 21.1 Å². The molecule has 0 saturated heterocycles. The van der Waals surface area contributed by atoms with Gasteiger partial charge in [0.25, 0.3) is 0 Å². The van der Waals surface area contributed by atoms with Crippen molar-refractivity contribution >= 4 is 5.78 Å². The fourth-order valence-corrected chi connectivity index (χ4v) is 4.02. The molecule has 1 unspecified atom stereocenters. The highest BCUT2D eigenvalue weighted by atomic mass is 16.5. The maximum atomic E-state index is 11.6. The van der Waals surface area contributed by atoms with Crippen LogP contribution in [-0.2, 0) is 16.0 Å². The summed E-state index contributed by atoms with van der Waals surface area (Å²) in [6.45, 7) is 18.0. The van der Waals surface area contributed by atoms with Crippen LogP contribution in [0.25, 0.3) is 16.9 Å². The largest absolute Gasteiger partial charge is 0.501 e. The minimum atomic E-state index is 0.0917. The molecule has 42 heavy (non-hydrogen) atoms. The van der Waals surface area contributed by atoms with Crippen LogP contribution in [-0.4, -0.2) is 29.6 Å². The number of para-hydroxylation sites is 1. The van der Waals surface area contributed by atoms with Gasteiger partial charge in [0.2, 0.25) is 0 Å². The van der Waals surface area contributed by atoms with E-state index in [1.807, 2.05) is 84.4 Å². The summed E-state index contributed by atoms with van der Waals surface area (Å²) in [4.78, 5) is 16.2. The number of Topliss-reactive ketones (excluding diaryl/α,β-unsaturated/α-hetero) is 1. The molecule has 0 spiro atoms. The molecule has 0 aliphatic heterocycles. The summed E-state index contributed by atoms with van der Waals surface area (Å²) in [5.41, 5.74) is 3.98. The zero-order valence-corrected chi connectivity index (χ0v) is 27.0. The number of ketones is 1. The number of carbonyl (C=O) groups excluding carboxylic acids is 1. The van der Waals surface area contributed by atoms with Gasteiger partial charge in [0.05, 0.1) is 32.1 Å². The van der Waals surface area contributed by atoms with Gasteiger partial charge in [-0.2, -0.15) is 0 Å². The van der Waals surface area contributed by atoms with Crippen LogP contribution >= 0.6 is 0 Å². The lowest BCUT2D eigenvalue weighted by molar-refractivity contribution is -0.116. The zero-order chi connectivity index (χ0) is 31.3. The molecule has 0 radical (unpaired) electrons. The van der Waals surface area contributed by atoms with Crippen LogP contribution in [0.1, 0.15) is 79.0 Å². The first kappa shape index (κ1) is 36.2. The van der Waals surface area contributed by atoms with Gasteiger partial charge in [-0.1, -0.05) is 77.3 Å². The molecule has 0 bridgehead atoms. The van der Waals surface area contributed by atoms with Crippen molar-refractivity contribution < 1.29 is 14.3 Å². The number of imidazole rings is 1. The van der Waals surface area contributed by atoms with Crippen LogP contribution in [0.3, 0.4) is 0 Å². The molecule has 0 aliphatic rings. The molecule has 2 aromatic carbocycles. The lowest BCUT2D eigenvalue weighted by Crippen LogP contribution is -2.05. The predicted molar refractivity (Wildman–Crippen MR) is 178 cm³/mol. The number of methoxy groups -OCH3 is 2. The maximum absolute atomic E-state index is 11.6. The van der Waals surface area contributed by atoms with Gasteiger partial charge in [-0.15, -0.1) is 6.58 Å². The van der Waals surface area contributed by atoms with Crippen molar-refractivity contribution in [2.75, 3.05) is 14.2 Å². The molecule has 1 atom stereocenters. The Kier molecular flexibility index (Phi) is 18.0. The molecule has 1 aromatic heterocycles. The van der Waals surface area contributed by atoms with E-state index in [-0.39, 0.29) is 5.78 Å². The number of carbonyl (C=O) groups is 1. The van der Waals surface area contributed by atoms with E-state index >= 15 is 0 Å². The maximum Gasteiger partial charge on any atom is 0.137 e. The van der Waals surface area contributed by atoms with Gasteiger partial charge in [0.15, 0.2) is 0 Å². The van der Waals surface area contributed by atoms with E-state index in [2.05, 4.69) is 38.9 Å². The van der Waals surface area contributed by atoms with E-state index < -0.39 is 0 Å². The molecule has 0 aliphatic carbocycles. The first-order valence-corrected chi connectivity index (χ1v) is 15.0. The van der Waals surface area contributed by atoms with E-state index in [9.17, 15) is 4.79 Å². The van der Waals surface area contributed by atoms with Crippen molar-refractivity contribution in [3.05, 3.63) is 103 Å². The summed E-state index contributed by atoms with van der Waals surface area (Å²) in [7, 11) is 3.33. The van der Waals surface area contributed by atoms with Crippen LogP contribution in [0.4, 0.5) is 0 Å². The highest BCUT2D eigenvalue weighted by Crippen LogP contribution is 2.25. The summed E-state index contributed by atoms with van der Waals surface area (Å²) >= 11 is 0. The standard InChI is InChI=1S/C19H18N2O2.C14H24O.C4H10/c1-14(22)12-19-20-18(15-8-10-17(23-2)11-9-15)13-21(19)16-6-4-3-5-7-16;1-6-8-10-14(9-7-2)12(3)11-13(4)15-5;1-3-4-2/h3-11,13H,12H2,1-2H3;7,11,14H,2-3,6,8-10H2,1,4-5H3;3-4H2,1-2H3/b;13-11+;. The van der Waals surface area contributed by atoms with Gasteiger partial charge >= 0.3 is 0 Å². The fraction of sp³-hybridized carbons (Fsp3) is 0.405. The lowest BCUT2D eigenvalue weighted by atomic mass is 9.91. The Balaban J connectivity index is 0.000000402. The van der Waals surface area contributed by atoms with E-state index in [0.29, 0.717) is 12.3 Å². The summed E-state index contributed by atoms with van der Waals surface area (Å²) in [5.74, 6) is 3.09. The van der Waals surface area contributed by atoms with Crippen molar-refractivity contribution in [1.29, 1.82) is 0 Å². The van der Waals surface area contributed by atoms with Gasteiger partial charge in [-0.05, 0) is 80.7 Å². The topological polar surface area (TPSA) is 53.4 Å². The van der Waals surface area contributed by atoms with Gasteiger partial charge < -0.3 is 14.0 Å². The molecule has 0 saturated carbocycles. The third-order valence-electron chi connectivity index (χ3n) is 6.70. The first-order chi connectivity index (χ1) is 20.2. The quantitative estimate of drug-likeness (QED) is 0.110. The number of allylic oxidation sites excluding steroid dienone is 4. The molecule has 5 heteroatoms. The SMILES string of the molecule is C=CCC(CCCC)C(=C)/C=C(\C)OC.CCCC.COc1ccc(-c2cn(-c3ccccc3)c(CC(C)=O)n2)cc1. The number of unbranched alkanes of at least 4 members (excludes halogenated alkanes) is 2. The molecule has 5 nitrogen and oxygen atoms in total. The van der Waals surface area contributed by atoms with E-state index in [1.165, 1.54) is 32.1 Å². The van der Waals surface area contributed by atoms with Crippen LogP contribution < -0.4 is 4.74 Å². The van der Waals surface area contributed by atoms with Crippen molar-refractivity contribution in [3.8, 4) is 22.7 Å². The second-order valence-electron chi connectivity index (χ2n) is 10.3. The molecule has 3 aromatic rings. The summed E-state index contributed by atoms with van der Waals surface area (Å²) < 4.78 is 12.3. The van der Waals surface area contributed by atoms with Crippen LogP contribution in [0.5, 0.6) is 5.75 Å². The summed E-state index contributed by atoms with van der Waals surface area (Å²) in [5, 5.41) is 0. The van der Waals surface area contributed by atoms with Gasteiger partial charge in [-0.3, -0.25) is 4.79 Å². The third-order valence-corrected chi connectivity index (χ3v) is 6.70. The second kappa shape index (κ2) is 20.9. The minimum Gasteiger partial charge on any atom is -0.501 e. The normalized spacial score (nSPS) is 11.3. The van der Waals surface area contributed by atoms with Crippen molar-refractivity contribution in [1.82, 2.24) is 9.55 Å². The average Bonchev–Trinajstić information content (AvgIpc) is 3.43. The number of aromatic nitrogens is 2. The molecular formula is C37H52N2O3. The van der Waals surface area contributed by atoms with Crippen LogP contribution in [0.15, 0.2) is 97.4 Å². The van der Waals surface area contributed by atoms with Gasteiger partial charge in [0.1, 0.15) is 17.4 Å². The second-order valence-corrected chi connectivity index (χ2v) is 10.3. The predicted octanol–water partition coefficient (Wildman–Crippen LogP) is 9.96. The van der Waals surface area contributed by atoms with Gasteiger partial charge in [-0.25, -0.2) is 4.98 Å². The van der Waals surface area contributed by atoms with E-state index in [4.69, 9.17) is 9.47 Å². The highest BCUT2D eigenvalue weighted by molar-refractivity contribution is 5.78. The Morgan fingerprint density at radius 3 is 2.12 bits per heavy atom. The molecular weight excluding hydrogens is 520 g/mol. The number of ether oxygens (including phenoxy) is 2. The number of rotatable bonds is 14. The molecule has 228 valence electrons. The fourth-order valence-electron chi connectivity index (χ4n) is 4.02. The van der Waals surface area contributed by atoms with E-state index in [0.717, 1.165) is 46.3 Å². The molecule has 0 fully saturated rings. The smallest absolute Gasteiger partial charge is 0.137 e. The lowest BCUT2D eigenvalue weighted by Gasteiger charge is -2.15. The number of nitrogens with zero attached hydrogens (tertiary/aromatic N) is 2. The molecule has 0 N–H and O–H groups in total. The molecule has 0 amide bonds. The Bertz CT molecular complexity index is 1220. The average molecular weight is 573 g/mol. The Labute approximate surface area is 255 Å². The van der Waals surface area contributed by atoms with Crippen LogP contribution in [0, 0.1) is 5.92 Å². The van der Waals surface area contributed by atoms with Crippen molar-refractivity contribution in [2.24, 2.45) is 5.92 Å². The van der Waals surface area contributed by atoms with Crippen LogP contribution in [0.2, 0.25) is 0 Å².